The van der Waals surface area contributed by atoms with Crippen molar-refractivity contribution in [1.29, 1.82) is 0 Å². The van der Waals surface area contributed by atoms with Crippen molar-refractivity contribution in [3.05, 3.63) is 48.1 Å². The molecule has 1 unspecified atom stereocenters. The molecule has 1 amide bonds. The van der Waals surface area contributed by atoms with Gasteiger partial charge in [-0.05, 0) is 33.9 Å². The van der Waals surface area contributed by atoms with Gasteiger partial charge in [0.05, 0.1) is 0 Å². The van der Waals surface area contributed by atoms with Crippen LogP contribution in [0, 0.1) is 0 Å². The maximum atomic E-state index is 11.0. The molecule has 3 rings (SSSR count). The molecule has 0 fully saturated rings. The zero-order chi connectivity index (χ0) is 14.1. The van der Waals surface area contributed by atoms with Crippen LogP contribution in [-0.4, -0.2) is 12.2 Å². The Balaban J connectivity index is 2.01. The van der Waals surface area contributed by atoms with E-state index in [0.29, 0.717) is 11.2 Å². The van der Waals surface area contributed by atoms with Crippen molar-refractivity contribution in [2.75, 3.05) is 5.73 Å². The molecule has 0 saturated heterocycles. The van der Waals surface area contributed by atoms with E-state index < -0.39 is 6.29 Å². The van der Waals surface area contributed by atoms with Crippen molar-refractivity contribution < 1.29 is 9.16 Å². The molecule has 3 N–H and O–H groups in total. The first kappa shape index (κ1) is 12.3. The lowest BCUT2D eigenvalue weighted by Gasteiger charge is -1.99. The van der Waals surface area contributed by atoms with E-state index in [1.165, 1.54) is 6.92 Å². The highest BCUT2D eigenvalue weighted by atomic mass is 16.1. The third-order valence-electron chi connectivity index (χ3n) is 2.95. The van der Waals surface area contributed by atoms with Crippen LogP contribution in [0.15, 0.2) is 52.7 Å². The molecule has 1 aromatic carbocycles. The summed E-state index contributed by atoms with van der Waals surface area (Å²) in [5.41, 5.74) is 9.21. The molecule has 2 aromatic rings. The zero-order valence-electron chi connectivity index (χ0n) is 10.9. The summed E-state index contributed by atoms with van der Waals surface area (Å²) in [6.45, 7) is 1.44. The maximum absolute atomic E-state index is 11.0. The average Bonchev–Trinajstić information content (AvgIpc) is 2.78. The summed E-state index contributed by atoms with van der Waals surface area (Å²) in [5, 5.41) is 6.93. The highest BCUT2D eigenvalue weighted by Gasteiger charge is 2.20. The van der Waals surface area contributed by atoms with Crippen molar-refractivity contribution in [1.82, 2.24) is 5.32 Å². The Hall–Kier alpha value is -2.76. The van der Waals surface area contributed by atoms with Crippen LogP contribution in [0.2, 0.25) is 0 Å². The van der Waals surface area contributed by atoms with Gasteiger partial charge in [0, 0.05) is 24.2 Å². The second kappa shape index (κ2) is 4.73. The predicted octanol–water partition coefficient (Wildman–Crippen LogP) is 0.308. The van der Waals surface area contributed by atoms with Gasteiger partial charge in [-0.3, -0.25) is 10.1 Å². The quantitative estimate of drug-likeness (QED) is 0.606. The number of carbonyl (C=O) groups excluding carboxylic acids is 1. The summed E-state index contributed by atoms with van der Waals surface area (Å²) in [6.07, 6.45) is 1.32. The van der Waals surface area contributed by atoms with Crippen molar-refractivity contribution in [3.8, 4) is 11.1 Å². The van der Waals surface area contributed by atoms with Gasteiger partial charge >= 0.3 is 11.8 Å². The van der Waals surface area contributed by atoms with E-state index in [0.717, 1.165) is 11.1 Å². The second-order valence-electron chi connectivity index (χ2n) is 4.56. The van der Waals surface area contributed by atoms with E-state index in [4.69, 9.17) is 5.73 Å². The summed E-state index contributed by atoms with van der Waals surface area (Å²) >= 11 is 0. The van der Waals surface area contributed by atoms with Gasteiger partial charge in [-0.2, -0.15) is 0 Å². The third kappa shape index (κ3) is 2.35. The number of nitrogens with zero attached hydrogens (tertiary/aromatic N) is 3. The largest absolute Gasteiger partial charge is 0.399 e. The summed E-state index contributed by atoms with van der Waals surface area (Å²) < 4.78 is 1.67. The van der Waals surface area contributed by atoms with Crippen LogP contribution < -0.4 is 20.9 Å². The van der Waals surface area contributed by atoms with Crippen LogP contribution in [0.3, 0.4) is 0 Å². The molecule has 20 heavy (non-hydrogen) atoms. The lowest BCUT2D eigenvalue weighted by molar-refractivity contribution is -0.559. The zero-order valence-corrected chi connectivity index (χ0v) is 10.9. The number of hydrogen-bond donors (Lipinski definition) is 2. The number of fused-ring (bicyclic) bond motifs is 1. The Bertz CT molecular complexity index is 799. The number of aromatic nitrogens is 1. The molecule has 0 spiro atoms. The molecule has 6 nitrogen and oxygen atoms in total. The minimum atomic E-state index is -0.552. The number of nitrogens with two attached hydrogens (primary N) is 1. The minimum Gasteiger partial charge on any atom is -0.399 e. The molecule has 0 bridgehead atoms. The standard InChI is InChI=1S/C14H13N5O/c1-9(20)16-14-17-13-6-5-11(8-19(13)18-14)10-3-2-4-12(15)7-10/h2-8,14H,15H2,1H3/p+1. The Morgan fingerprint density at radius 1 is 1.30 bits per heavy atom. The first-order valence-electron chi connectivity index (χ1n) is 6.22. The van der Waals surface area contributed by atoms with E-state index in [1.54, 1.807) is 4.36 Å². The Kier molecular flexibility index (Phi) is 2.90. The normalized spacial score (nSPS) is 15.9. The molecule has 6 heteroatoms. The summed E-state index contributed by atoms with van der Waals surface area (Å²) in [4.78, 5) is 15.3. The third-order valence-corrected chi connectivity index (χ3v) is 2.95. The number of pyridine rings is 1. The molecule has 1 atom stereocenters. The van der Waals surface area contributed by atoms with Crippen molar-refractivity contribution in [2.24, 2.45) is 10.1 Å². The van der Waals surface area contributed by atoms with Gasteiger partial charge in [0.25, 0.3) is 0 Å². The van der Waals surface area contributed by atoms with Gasteiger partial charge in [-0.15, -0.1) is 0 Å². The van der Waals surface area contributed by atoms with Crippen molar-refractivity contribution in [2.45, 2.75) is 13.2 Å². The Morgan fingerprint density at radius 2 is 2.15 bits per heavy atom. The number of benzene rings is 1. The molecular weight excluding hydrogens is 254 g/mol. The number of rotatable bonds is 2. The fraction of sp³-hybridized carbons (Fsp3) is 0.143. The lowest BCUT2D eigenvalue weighted by atomic mass is 10.1. The molecule has 1 aromatic heterocycles. The summed E-state index contributed by atoms with van der Waals surface area (Å²) in [7, 11) is 0. The number of amides is 1. The molecule has 100 valence electrons. The first-order chi connectivity index (χ1) is 9.61. The van der Waals surface area contributed by atoms with Gasteiger partial charge in [-0.1, -0.05) is 16.5 Å². The molecule has 0 saturated carbocycles. The van der Waals surface area contributed by atoms with Crippen LogP contribution in [-0.2, 0) is 4.79 Å². The van der Waals surface area contributed by atoms with E-state index in [1.807, 2.05) is 42.6 Å². The average molecular weight is 268 g/mol. The molecular formula is C14H14N5O+. The second-order valence-corrected chi connectivity index (χ2v) is 4.56. The van der Waals surface area contributed by atoms with Crippen LogP contribution in [0.25, 0.3) is 11.1 Å². The number of carbonyl (C=O) groups is 1. The molecule has 0 aliphatic carbocycles. The van der Waals surface area contributed by atoms with E-state index in [9.17, 15) is 4.79 Å². The highest BCUT2D eigenvalue weighted by Crippen LogP contribution is 2.19. The number of hydrogen-bond acceptors (Lipinski definition) is 4. The number of nitrogens with one attached hydrogen (secondary N) is 1. The van der Waals surface area contributed by atoms with Crippen LogP contribution >= 0.6 is 0 Å². The Morgan fingerprint density at radius 3 is 2.90 bits per heavy atom. The van der Waals surface area contributed by atoms with Gasteiger partial charge in [0.15, 0.2) is 0 Å². The van der Waals surface area contributed by atoms with Crippen LogP contribution in [0.4, 0.5) is 5.69 Å². The van der Waals surface area contributed by atoms with Crippen LogP contribution in [0.1, 0.15) is 6.92 Å². The van der Waals surface area contributed by atoms with Gasteiger partial charge < -0.3 is 5.73 Å². The molecule has 1 aliphatic rings. The van der Waals surface area contributed by atoms with Gasteiger partial charge in [-0.25, -0.2) is 0 Å². The fourth-order valence-electron chi connectivity index (χ4n) is 2.08. The number of anilines is 1. The topological polar surface area (TPSA) is 85.7 Å². The van der Waals surface area contributed by atoms with E-state index in [2.05, 4.69) is 15.4 Å². The maximum Gasteiger partial charge on any atom is 0.347 e. The minimum absolute atomic E-state index is 0.160. The molecule has 1 aliphatic heterocycles. The smallest absolute Gasteiger partial charge is 0.347 e. The van der Waals surface area contributed by atoms with Crippen LogP contribution in [0.5, 0.6) is 0 Å². The fourth-order valence-corrected chi connectivity index (χ4v) is 2.08. The predicted molar refractivity (Wildman–Crippen MR) is 73.1 cm³/mol. The van der Waals surface area contributed by atoms with Gasteiger partial charge in [0.2, 0.25) is 5.91 Å². The molecule has 0 radical (unpaired) electrons. The number of nitrogen functional groups attached to an aromatic ring is 1. The summed E-state index contributed by atoms with van der Waals surface area (Å²) in [6, 6.07) is 11.5. The van der Waals surface area contributed by atoms with Gasteiger partial charge in [0.1, 0.15) is 6.20 Å². The highest BCUT2D eigenvalue weighted by molar-refractivity contribution is 5.73. The SMILES string of the molecule is CC(=O)NC1N=c2ccc(-c3cccc(N)c3)c[n+]2=N1. The molecule has 2 heterocycles. The first-order valence-corrected chi connectivity index (χ1v) is 6.22. The Labute approximate surface area is 115 Å². The summed E-state index contributed by atoms with van der Waals surface area (Å²) in [5.74, 6) is -0.160. The van der Waals surface area contributed by atoms with Crippen molar-refractivity contribution in [3.63, 3.8) is 0 Å². The monoisotopic (exact) mass is 268 g/mol. The van der Waals surface area contributed by atoms with E-state index >= 15 is 0 Å². The van der Waals surface area contributed by atoms with Crippen molar-refractivity contribution >= 4 is 11.6 Å². The van der Waals surface area contributed by atoms with E-state index in [-0.39, 0.29) is 5.91 Å². The lowest BCUT2D eigenvalue weighted by Crippen LogP contribution is -2.33.